The molecule has 0 radical (unpaired) electrons. The maximum absolute atomic E-state index is 11.1. The van der Waals surface area contributed by atoms with E-state index in [-0.39, 0.29) is 16.1 Å². The molecule has 0 saturated carbocycles. The molecule has 5 heteroatoms. The Bertz CT molecular complexity index is 618. The van der Waals surface area contributed by atoms with Crippen LogP contribution in [0.1, 0.15) is 39.7 Å². The average Bonchev–Trinajstić information content (AvgIpc) is 2.45. The van der Waals surface area contributed by atoms with E-state index in [4.69, 9.17) is 5.73 Å². The zero-order valence-electron chi connectivity index (χ0n) is 13.1. The quantitative estimate of drug-likeness (QED) is 0.684. The molecule has 21 heavy (non-hydrogen) atoms. The van der Waals surface area contributed by atoms with Crippen LogP contribution in [0.25, 0.3) is 10.9 Å². The minimum atomic E-state index is -0.377. The lowest BCUT2D eigenvalue weighted by atomic mass is 9.94. The molecule has 114 valence electrons. The number of rotatable bonds is 4. The summed E-state index contributed by atoms with van der Waals surface area (Å²) in [4.78, 5) is 14.9. The second kappa shape index (κ2) is 7.13. The highest BCUT2D eigenvalue weighted by atomic mass is 16.6. The summed E-state index contributed by atoms with van der Waals surface area (Å²) in [5.74, 6) is 0. The third kappa shape index (κ3) is 4.49. The standard InChI is InChI=1S/C14H17N3O2.C2H6/c1-14(2,15)8-7-11-10-5-3-4-6-12(10)16-9-13(11)17(18)19;1-2/h3-6,9H,7-8,15H2,1-2H3;1-2H3. The molecule has 0 saturated heterocycles. The topological polar surface area (TPSA) is 82.0 Å². The van der Waals surface area contributed by atoms with Crippen LogP contribution in [-0.2, 0) is 6.42 Å². The predicted molar refractivity (Wildman–Crippen MR) is 86.3 cm³/mol. The van der Waals surface area contributed by atoms with E-state index in [1.54, 1.807) is 0 Å². The van der Waals surface area contributed by atoms with Crippen LogP contribution in [0.2, 0.25) is 0 Å². The molecule has 1 aromatic carbocycles. The molecule has 2 rings (SSSR count). The number of aromatic nitrogens is 1. The van der Waals surface area contributed by atoms with E-state index in [0.717, 1.165) is 10.9 Å². The van der Waals surface area contributed by atoms with Gasteiger partial charge in [0.15, 0.2) is 0 Å². The summed E-state index contributed by atoms with van der Waals surface area (Å²) >= 11 is 0. The van der Waals surface area contributed by atoms with Crippen molar-refractivity contribution >= 4 is 16.6 Å². The number of aryl methyl sites for hydroxylation is 1. The van der Waals surface area contributed by atoms with Crippen molar-refractivity contribution < 1.29 is 4.92 Å². The van der Waals surface area contributed by atoms with Crippen LogP contribution >= 0.6 is 0 Å². The minimum Gasteiger partial charge on any atom is -0.326 e. The molecule has 0 amide bonds. The van der Waals surface area contributed by atoms with Crippen LogP contribution in [0.4, 0.5) is 5.69 Å². The fourth-order valence-electron chi connectivity index (χ4n) is 2.06. The summed E-state index contributed by atoms with van der Waals surface area (Å²) in [6, 6.07) is 7.47. The van der Waals surface area contributed by atoms with Crippen LogP contribution in [0.5, 0.6) is 0 Å². The van der Waals surface area contributed by atoms with E-state index in [1.165, 1.54) is 6.20 Å². The highest BCUT2D eigenvalue weighted by Gasteiger charge is 2.20. The van der Waals surface area contributed by atoms with Gasteiger partial charge in [-0.15, -0.1) is 0 Å². The lowest BCUT2D eigenvalue weighted by Gasteiger charge is -2.18. The lowest BCUT2D eigenvalue weighted by Crippen LogP contribution is -2.32. The van der Waals surface area contributed by atoms with Crippen molar-refractivity contribution in [2.45, 2.75) is 46.1 Å². The van der Waals surface area contributed by atoms with E-state index < -0.39 is 0 Å². The first-order chi connectivity index (χ1) is 9.88. The lowest BCUT2D eigenvalue weighted by molar-refractivity contribution is -0.385. The molecule has 0 aliphatic carbocycles. The highest BCUT2D eigenvalue weighted by Crippen LogP contribution is 2.28. The molecule has 0 aliphatic heterocycles. The molecule has 1 heterocycles. The largest absolute Gasteiger partial charge is 0.326 e. The number of benzene rings is 1. The number of nitrogens with two attached hydrogens (primary N) is 1. The van der Waals surface area contributed by atoms with E-state index in [1.807, 2.05) is 52.0 Å². The molecular weight excluding hydrogens is 266 g/mol. The molecule has 5 nitrogen and oxygen atoms in total. The Morgan fingerprint density at radius 2 is 1.90 bits per heavy atom. The first-order valence-electron chi connectivity index (χ1n) is 7.18. The Hall–Kier alpha value is -2.01. The molecule has 0 fully saturated rings. The van der Waals surface area contributed by atoms with Gasteiger partial charge in [0.05, 0.1) is 10.4 Å². The van der Waals surface area contributed by atoms with Crippen molar-refractivity contribution in [3.63, 3.8) is 0 Å². The van der Waals surface area contributed by atoms with Gasteiger partial charge in [0.2, 0.25) is 0 Å². The summed E-state index contributed by atoms with van der Waals surface area (Å²) in [6.45, 7) is 7.84. The summed E-state index contributed by atoms with van der Waals surface area (Å²) in [5.41, 5.74) is 7.18. The number of hydrogen-bond donors (Lipinski definition) is 1. The number of hydrogen-bond acceptors (Lipinski definition) is 4. The number of pyridine rings is 1. The fourth-order valence-corrected chi connectivity index (χ4v) is 2.06. The summed E-state index contributed by atoms with van der Waals surface area (Å²) < 4.78 is 0. The van der Waals surface area contributed by atoms with Crippen molar-refractivity contribution in [2.24, 2.45) is 5.73 Å². The maximum atomic E-state index is 11.1. The third-order valence-electron chi connectivity index (χ3n) is 3.08. The van der Waals surface area contributed by atoms with Gasteiger partial charge in [-0.1, -0.05) is 32.0 Å². The van der Waals surface area contributed by atoms with Crippen LogP contribution in [0.3, 0.4) is 0 Å². The van der Waals surface area contributed by atoms with Gasteiger partial charge in [-0.25, -0.2) is 4.98 Å². The molecular formula is C16H23N3O2. The van der Waals surface area contributed by atoms with Gasteiger partial charge in [-0.2, -0.15) is 0 Å². The first-order valence-corrected chi connectivity index (χ1v) is 7.18. The molecule has 0 aliphatic rings. The zero-order valence-corrected chi connectivity index (χ0v) is 13.1. The molecule has 0 bridgehead atoms. The first kappa shape index (κ1) is 17.0. The smallest absolute Gasteiger partial charge is 0.291 e. The molecule has 0 atom stereocenters. The second-order valence-corrected chi connectivity index (χ2v) is 5.38. The van der Waals surface area contributed by atoms with Crippen LogP contribution in [0.15, 0.2) is 30.5 Å². The van der Waals surface area contributed by atoms with Crippen molar-refractivity contribution in [3.8, 4) is 0 Å². The second-order valence-electron chi connectivity index (χ2n) is 5.38. The van der Waals surface area contributed by atoms with Crippen LogP contribution < -0.4 is 5.73 Å². The third-order valence-corrected chi connectivity index (χ3v) is 3.08. The molecule has 1 aromatic heterocycles. The predicted octanol–water partition coefficient (Wildman–Crippen LogP) is 3.84. The summed E-state index contributed by atoms with van der Waals surface area (Å²) in [6.07, 6.45) is 2.59. The fraction of sp³-hybridized carbons (Fsp3) is 0.438. The molecule has 0 spiro atoms. The van der Waals surface area contributed by atoms with Gasteiger partial charge in [-0.05, 0) is 32.8 Å². The van der Waals surface area contributed by atoms with E-state index in [0.29, 0.717) is 18.4 Å². The van der Waals surface area contributed by atoms with Crippen molar-refractivity contribution in [2.75, 3.05) is 0 Å². The Labute approximate surface area is 125 Å². The zero-order chi connectivity index (χ0) is 16.0. The highest BCUT2D eigenvalue weighted by molar-refractivity contribution is 5.85. The van der Waals surface area contributed by atoms with Gasteiger partial charge in [0, 0.05) is 16.5 Å². The SMILES string of the molecule is CC.CC(C)(N)CCc1c([N+](=O)[O-])cnc2ccccc12. The Balaban J connectivity index is 0.00000106. The van der Waals surface area contributed by atoms with Crippen molar-refractivity contribution in [1.29, 1.82) is 0 Å². The normalized spacial score (nSPS) is 10.9. The van der Waals surface area contributed by atoms with Gasteiger partial charge in [-0.3, -0.25) is 10.1 Å². The minimum absolute atomic E-state index is 0.0722. The van der Waals surface area contributed by atoms with Gasteiger partial charge in [0.25, 0.3) is 5.69 Å². The van der Waals surface area contributed by atoms with Crippen molar-refractivity contribution in [1.82, 2.24) is 4.98 Å². The van der Waals surface area contributed by atoms with Gasteiger partial charge < -0.3 is 5.73 Å². The van der Waals surface area contributed by atoms with E-state index >= 15 is 0 Å². The molecule has 0 unspecified atom stereocenters. The van der Waals surface area contributed by atoms with Gasteiger partial charge >= 0.3 is 0 Å². The Morgan fingerprint density at radius 1 is 1.29 bits per heavy atom. The maximum Gasteiger partial charge on any atom is 0.291 e. The summed E-state index contributed by atoms with van der Waals surface area (Å²) in [7, 11) is 0. The molecule has 2 N–H and O–H groups in total. The summed E-state index contributed by atoms with van der Waals surface area (Å²) in [5, 5.41) is 12.0. The number of fused-ring (bicyclic) bond motifs is 1. The molecule has 2 aromatic rings. The average molecular weight is 289 g/mol. The number of nitrogens with zero attached hydrogens (tertiary/aromatic N) is 2. The Kier molecular flexibility index (Phi) is 5.79. The van der Waals surface area contributed by atoms with E-state index in [9.17, 15) is 10.1 Å². The van der Waals surface area contributed by atoms with Crippen molar-refractivity contribution in [3.05, 3.63) is 46.1 Å². The van der Waals surface area contributed by atoms with Crippen LogP contribution in [0, 0.1) is 10.1 Å². The number of para-hydroxylation sites is 1. The number of nitro groups is 1. The monoisotopic (exact) mass is 289 g/mol. The van der Waals surface area contributed by atoms with E-state index in [2.05, 4.69) is 4.98 Å². The Morgan fingerprint density at radius 3 is 2.48 bits per heavy atom. The van der Waals surface area contributed by atoms with Crippen LogP contribution in [-0.4, -0.2) is 15.4 Å². The van der Waals surface area contributed by atoms with Gasteiger partial charge in [0.1, 0.15) is 6.20 Å².